The number of sulfone groups is 1. The van der Waals surface area contributed by atoms with Crippen LogP contribution in [0.1, 0.15) is 12.8 Å². The van der Waals surface area contributed by atoms with Crippen LogP contribution in [0.4, 0.5) is 0 Å². The Balaban J connectivity index is 2.32. The Morgan fingerprint density at radius 3 is 2.30 bits per heavy atom. The highest BCUT2D eigenvalue weighted by Crippen LogP contribution is 2.38. The van der Waals surface area contributed by atoms with Crippen LogP contribution in [0.5, 0.6) is 0 Å². The molecule has 2 saturated heterocycles. The molecule has 1 atom stereocenters. The van der Waals surface area contributed by atoms with E-state index >= 15 is 0 Å². The Morgan fingerprint density at radius 2 is 2.10 bits per heavy atom. The molecule has 1 N–H and O–H groups in total. The van der Waals surface area contributed by atoms with Crippen LogP contribution in [-0.2, 0) is 9.84 Å². The lowest BCUT2D eigenvalue weighted by Gasteiger charge is -2.36. The minimum atomic E-state index is -2.68. The molecule has 3 nitrogen and oxygen atoms in total. The Labute approximate surface area is 60.7 Å². The number of rotatable bonds is 0. The molecule has 0 aromatic heterocycles. The first-order valence-electron chi connectivity index (χ1n) is 3.59. The van der Waals surface area contributed by atoms with Crippen molar-refractivity contribution in [2.75, 3.05) is 18.8 Å². The molecule has 58 valence electrons. The summed E-state index contributed by atoms with van der Waals surface area (Å²) in [6.07, 6.45) is 1.71. The van der Waals surface area contributed by atoms with Gasteiger partial charge in [-0.25, -0.2) is 8.42 Å². The first-order valence-corrected chi connectivity index (χ1v) is 5.25. The predicted molar refractivity (Wildman–Crippen MR) is 38.6 cm³/mol. The van der Waals surface area contributed by atoms with Gasteiger partial charge in [0.15, 0.2) is 9.84 Å². The summed E-state index contributed by atoms with van der Waals surface area (Å²) in [5.74, 6) is 0.411. The molecule has 2 aliphatic rings. The molecule has 10 heavy (non-hydrogen) atoms. The molecule has 0 bridgehead atoms. The molecule has 2 heterocycles. The first kappa shape index (κ1) is 6.61. The van der Waals surface area contributed by atoms with Gasteiger partial charge in [-0.05, 0) is 19.4 Å². The van der Waals surface area contributed by atoms with Crippen LogP contribution >= 0.6 is 0 Å². The fraction of sp³-hybridized carbons (Fsp3) is 1.00. The molecular formula is C6H11NO2S. The summed E-state index contributed by atoms with van der Waals surface area (Å²) in [6.45, 7) is 1.56. The van der Waals surface area contributed by atoms with Gasteiger partial charge in [0.25, 0.3) is 0 Å². The van der Waals surface area contributed by atoms with Gasteiger partial charge in [-0.1, -0.05) is 0 Å². The van der Waals surface area contributed by atoms with E-state index in [9.17, 15) is 8.42 Å². The average Bonchev–Trinajstić information content (AvgIpc) is 2.34. The second-order valence-electron chi connectivity index (χ2n) is 3.18. The lowest BCUT2D eigenvalue weighted by atomic mass is 10.0. The molecule has 1 spiro atoms. The van der Waals surface area contributed by atoms with Gasteiger partial charge in [0.05, 0.1) is 10.5 Å². The van der Waals surface area contributed by atoms with E-state index in [0.717, 1.165) is 19.4 Å². The van der Waals surface area contributed by atoms with Crippen molar-refractivity contribution in [2.45, 2.75) is 17.6 Å². The highest BCUT2D eigenvalue weighted by atomic mass is 32.2. The molecule has 0 amide bonds. The highest BCUT2D eigenvalue weighted by Gasteiger charge is 2.53. The van der Waals surface area contributed by atoms with Crippen LogP contribution in [0.25, 0.3) is 0 Å². The highest BCUT2D eigenvalue weighted by molar-refractivity contribution is 7.94. The van der Waals surface area contributed by atoms with Gasteiger partial charge in [-0.3, -0.25) is 0 Å². The van der Waals surface area contributed by atoms with Crippen molar-refractivity contribution < 1.29 is 8.42 Å². The lowest BCUT2D eigenvalue weighted by molar-refractivity contribution is 0.472. The van der Waals surface area contributed by atoms with E-state index in [-0.39, 0.29) is 4.75 Å². The maximum Gasteiger partial charge on any atom is 0.157 e. The molecule has 2 rings (SSSR count). The minimum absolute atomic E-state index is 0.326. The van der Waals surface area contributed by atoms with E-state index in [4.69, 9.17) is 0 Å². The van der Waals surface area contributed by atoms with E-state index in [1.54, 1.807) is 0 Å². The van der Waals surface area contributed by atoms with Crippen LogP contribution in [0.15, 0.2) is 0 Å². The third-order valence-electron chi connectivity index (χ3n) is 2.69. The maximum atomic E-state index is 11.2. The second kappa shape index (κ2) is 1.74. The summed E-state index contributed by atoms with van der Waals surface area (Å²) in [5, 5.41) is 3.09. The van der Waals surface area contributed by atoms with E-state index in [0.29, 0.717) is 12.3 Å². The molecule has 0 aromatic rings. The van der Waals surface area contributed by atoms with E-state index in [1.165, 1.54) is 0 Å². The summed E-state index contributed by atoms with van der Waals surface area (Å²) in [7, 11) is -2.68. The fourth-order valence-corrected chi connectivity index (χ4v) is 3.61. The van der Waals surface area contributed by atoms with E-state index in [2.05, 4.69) is 5.32 Å². The smallest absolute Gasteiger partial charge is 0.157 e. The fourth-order valence-electron chi connectivity index (χ4n) is 1.76. The van der Waals surface area contributed by atoms with Crippen molar-refractivity contribution in [3.8, 4) is 0 Å². The van der Waals surface area contributed by atoms with Gasteiger partial charge >= 0.3 is 0 Å². The zero-order chi connectivity index (χ0) is 7.24. The monoisotopic (exact) mass is 161 g/mol. The van der Waals surface area contributed by atoms with Crippen LogP contribution in [0, 0.1) is 0 Å². The van der Waals surface area contributed by atoms with Crippen molar-refractivity contribution in [1.29, 1.82) is 0 Å². The third kappa shape index (κ3) is 0.609. The summed E-state index contributed by atoms with van der Waals surface area (Å²) in [6, 6.07) is 0. The first-order chi connectivity index (χ1) is 4.66. The van der Waals surface area contributed by atoms with Crippen molar-refractivity contribution in [1.82, 2.24) is 5.32 Å². The molecule has 0 aromatic carbocycles. The molecule has 0 radical (unpaired) electrons. The van der Waals surface area contributed by atoms with Gasteiger partial charge in [-0.2, -0.15) is 0 Å². The van der Waals surface area contributed by atoms with Crippen LogP contribution in [-0.4, -0.2) is 32.0 Å². The standard InChI is InChI=1S/C6H11NO2S/c8-10(9)4-2-6(10)1-3-7-5-6/h7H,1-5H2. The Hall–Kier alpha value is -0.0900. The molecule has 4 heteroatoms. The number of nitrogens with one attached hydrogen (secondary N) is 1. The van der Waals surface area contributed by atoms with Gasteiger partial charge in [0.1, 0.15) is 0 Å². The SMILES string of the molecule is O=S1(=O)CCC12CCNC2. The molecule has 1 unspecified atom stereocenters. The van der Waals surface area contributed by atoms with Crippen molar-refractivity contribution in [3.63, 3.8) is 0 Å². The predicted octanol–water partition coefficient (Wildman–Crippen LogP) is -0.463. The summed E-state index contributed by atoms with van der Waals surface area (Å²) >= 11 is 0. The van der Waals surface area contributed by atoms with Gasteiger partial charge in [0, 0.05) is 6.54 Å². The van der Waals surface area contributed by atoms with E-state index < -0.39 is 9.84 Å². The van der Waals surface area contributed by atoms with Gasteiger partial charge < -0.3 is 5.32 Å². The van der Waals surface area contributed by atoms with Crippen LogP contribution in [0.2, 0.25) is 0 Å². The molecule has 2 aliphatic heterocycles. The summed E-state index contributed by atoms with van der Waals surface area (Å²) in [4.78, 5) is 0. The average molecular weight is 161 g/mol. The van der Waals surface area contributed by atoms with E-state index in [1.807, 2.05) is 0 Å². The Bertz CT molecular complexity index is 238. The molecule has 0 aliphatic carbocycles. The maximum absolute atomic E-state index is 11.2. The zero-order valence-corrected chi connectivity index (χ0v) is 6.58. The topological polar surface area (TPSA) is 46.2 Å². The summed E-state index contributed by atoms with van der Waals surface area (Å²) < 4.78 is 22.1. The Kier molecular flexibility index (Phi) is 1.15. The number of hydrogen-bond acceptors (Lipinski definition) is 3. The van der Waals surface area contributed by atoms with Gasteiger partial charge in [0.2, 0.25) is 0 Å². The second-order valence-corrected chi connectivity index (χ2v) is 5.68. The molecule has 2 fully saturated rings. The zero-order valence-electron chi connectivity index (χ0n) is 5.76. The number of hydrogen-bond donors (Lipinski definition) is 1. The van der Waals surface area contributed by atoms with Gasteiger partial charge in [-0.15, -0.1) is 0 Å². The molecule has 0 saturated carbocycles. The Morgan fingerprint density at radius 1 is 1.30 bits per heavy atom. The van der Waals surface area contributed by atoms with Crippen LogP contribution in [0.3, 0.4) is 0 Å². The quantitative estimate of drug-likeness (QED) is 0.523. The normalized spacial score (nSPS) is 43.6. The van der Waals surface area contributed by atoms with Crippen molar-refractivity contribution in [3.05, 3.63) is 0 Å². The van der Waals surface area contributed by atoms with Crippen LogP contribution < -0.4 is 5.32 Å². The third-order valence-corrected chi connectivity index (χ3v) is 5.30. The minimum Gasteiger partial charge on any atom is -0.315 e. The lowest BCUT2D eigenvalue weighted by Crippen LogP contribution is -2.52. The molecular weight excluding hydrogens is 150 g/mol. The van der Waals surface area contributed by atoms with Crippen molar-refractivity contribution >= 4 is 9.84 Å². The van der Waals surface area contributed by atoms with Crippen molar-refractivity contribution in [2.24, 2.45) is 0 Å². The summed E-state index contributed by atoms with van der Waals surface area (Å²) in [5.41, 5.74) is 0. The largest absolute Gasteiger partial charge is 0.315 e.